The SMILES string of the molecule is C1CC(CCc2noc(C3CCOCC3)n2)CN1.Cl. The molecule has 1 unspecified atom stereocenters. The Morgan fingerprint density at radius 3 is 2.79 bits per heavy atom. The summed E-state index contributed by atoms with van der Waals surface area (Å²) < 4.78 is 10.7. The molecule has 0 aliphatic carbocycles. The molecule has 0 bridgehead atoms. The van der Waals surface area contributed by atoms with E-state index in [1.165, 1.54) is 12.8 Å². The molecule has 3 rings (SSSR count). The second kappa shape index (κ2) is 7.22. The van der Waals surface area contributed by atoms with Gasteiger partial charge >= 0.3 is 0 Å². The van der Waals surface area contributed by atoms with Crippen LogP contribution >= 0.6 is 12.4 Å². The Morgan fingerprint density at radius 1 is 1.21 bits per heavy atom. The van der Waals surface area contributed by atoms with Crippen LogP contribution in [-0.4, -0.2) is 36.4 Å². The Labute approximate surface area is 119 Å². The zero-order valence-electron chi connectivity index (χ0n) is 11.1. The molecule has 5 nitrogen and oxygen atoms in total. The molecule has 2 aliphatic heterocycles. The highest BCUT2D eigenvalue weighted by Gasteiger charge is 2.22. The summed E-state index contributed by atoms with van der Waals surface area (Å²) in [5, 5.41) is 7.49. The minimum atomic E-state index is 0. The predicted octanol–water partition coefficient (Wildman–Crippen LogP) is 1.93. The number of hydrogen-bond donors (Lipinski definition) is 1. The third kappa shape index (κ3) is 3.91. The average molecular weight is 288 g/mol. The summed E-state index contributed by atoms with van der Waals surface area (Å²) in [6.07, 6.45) is 5.41. The number of halogens is 1. The van der Waals surface area contributed by atoms with Gasteiger partial charge in [0.25, 0.3) is 0 Å². The van der Waals surface area contributed by atoms with E-state index >= 15 is 0 Å². The highest BCUT2D eigenvalue weighted by molar-refractivity contribution is 5.85. The number of aromatic nitrogens is 2. The van der Waals surface area contributed by atoms with Gasteiger partial charge in [-0.2, -0.15) is 4.98 Å². The summed E-state index contributed by atoms with van der Waals surface area (Å²) in [4.78, 5) is 4.54. The van der Waals surface area contributed by atoms with Gasteiger partial charge in [0.15, 0.2) is 5.82 Å². The molecule has 0 saturated carbocycles. The van der Waals surface area contributed by atoms with Crippen molar-refractivity contribution in [3.63, 3.8) is 0 Å². The molecule has 0 radical (unpaired) electrons. The predicted molar refractivity (Wildman–Crippen MR) is 73.6 cm³/mol. The fraction of sp³-hybridized carbons (Fsp3) is 0.846. The van der Waals surface area contributed by atoms with E-state index in [0.29, 0.717) is 5.92 Å². The lowest BCUT2D eigenvalue weighted by Crippen LogP contribution is -2.14. The summed E-state index contributed by atoms with van der Waals surface area (Å²) in [5.41, 5.74) is 0. The van der Waals surface area contributed by atoms with Crippen LogP contribution in [0.15, 0.2) is 4.52 Å². The van der Waals surface area contributed by atoms with Crippen molar-refractivity contribution in [1.29, 1.82) is 0 Å². The quantitative estimate of drug-likeness (QED) is 0.917. The molecule has 108 valence electrons. The zero-order valence-corrected chi connectivity index (χ0v) is 12.0. The Kier molecular flexibility index (Phi) is 5.60. The van der Waals surface area contributed by atoms with Gasteiger partial charge in [-0.25, -0.2) is 0 Å². The lowest BCUT2D eigenvalue weighted by Gasteiger charge is -2.17. The number of ether oxygens (including phenoxy) is 1. The summed E-state index contributed by atoms with van der Waals surface area (Å²) in [5.74, 6) is 2.89. The van der Waals surface area contributed by atoms with Crippen LogP contribution in [0.1, 0.15) is 43.3 Å². The van der Waals surface area contributed by atoms with Gasteiger partial charge in [0.05, 0.1) is 0 Å². The lowest BCUT2D eigenvalue weighted by molar-refractivity contribution is 0.0778. The molecule has 2 aliphatic rings. The number of nitrogens with one attached hydrogen (secondary N) is 1. The number of nitrogens with zero attached hydrogens (tertiary/aromatic N) is 2. The van der Waals surface area contributed by atoms with Crippen molar-refractivity contribution in [3.05, 3.63) is 11.7 Å². The summed E-state index contributed by atoms with van der Waals surface area (Å²) in [6.45, 7) is 3.93. The summed E-state index contributed by atoms with van der Waals surface area (Å²) in [7, 11) is 0. The van der Waals surface area contributed by atoms with Crippen LogP contribution < -0.4 is 5.32 Å². The van der Waals surface area contributed by atoms with E-state index in [4.69, 9.17) is 9.26 Å². The lowest BCUT2D eigenvalue weighted by atomic mass is 10.0. The Hall–Kier alpha value is -0.650. The van der Waals surface area contributed by atoms with Crippen molar-refractivity contribution in [3.8, 4) is 0 Å². The maximum Gasteiger partial charge on any atom is 0.229 e. The van der Waals surface area contributed by atoms with Crippen molar-refractivity contribution >= 4 is 12.4 Å². The second-order valence-corrected chi connectivity index (χ2v) is 5.33. The molecule has 1 aromatic heterocycles. The Balaban J connectivity index is 0.00000133. The fourth-order valence-electron chi connectivity index (χ4n) is 2.77. The van der Waals surface area contributed by atoms with Crippen LogP contribution in [0.4, 0.5) is 0 Å². The molecule has 0 aromatic carbocycles. The van der Waals surface area contributed by atoms with Gasteiger partial charge in [-0.1, -0.05) is 5.16 Å². The molecule has 1 aromatic rings. The fourth-order valence-corrected chi connectivity index (χ4v) is 2.77. The summed E-state index contributed by atoms with van der Waals surface area (Å²) in [6, 6.07) is 0. The first-order valence-electron chi connectivity index (χ1n) is 7.03. The van der Waals surface area contributed by atoms with Gasteiger partial charge in [0.1, 0.15) is 0 Å². The van der Waals surface area contributed by atoms with Gasteiger partial charge in [0, 0.05) is 25.6 Å². The van der Waals surface area contributed by atoms with E-state index in [2.05, 4.69) is 15.5 Å². The number of aryl methyl sites for hydroxylation is 1. The van der Waals surface area contributed by atoms with Gasteiger partial charge in [-0.05, 0) is 44.7 Å². The summed E-state index contributed by atoms with van der Waals surface area (Å²) >= 11 is 0. The van der Waals surface area contributed by atoms with Crippen LogP contribution in [0, 0.1) is 5.92 Å². The number of rotatable bonds is 4. The maximum absolute atomic E-state index is 5.39. The van der Waals surface area contributed by atoms with Crippen LogP contribution in [0.2, 0.25) is 0 Å². The molecule has 0 amide bonds. The van der Waals surface area contributed by atoms with Crippen molar-refractivity contribution < 1.29 is 9.26 Å². The van der Waals surface area contributed by atoms with Crippen molar-refractivity contribution in [1.82, 2.24) is 15.5 Å². The first-order chi connectivity index (χ1) is 8.92. The van der Waals surface area contributed by atoms with Crippen LogP contribution in [0.25, 0.3) is 0 Å². The molecule has 1 atom stereocenters. The minimum absolute atomic E-state index is 0. The minimum Gasteiger partial charge on any atom is -0.381 e. The average Bonchev–Trinajstić information content (AvgIpc) is 3.09. The molecule has 1 N–H and O–H groups in total. The normalized spacial score (nSPS) is 24.3. The molecule has 3 heterocycles. The van der Waals surface area contributed by atoms with Crippen molar-refractivity contribution in [2.24, 2.45) is 5.92 Å². The molecule has 0 spiro atoms. The highest BCUT2D eigenvalue weighted by Crippen LogP contribution is 2.25. The molecule has 2 fully saturated rings. The van der Waals surface area contributed by atoms with Crippen LogP contribution in [-0.2, 0) is 11.2 Å². The second-order valence-electron chi connectivity index (χ2n) is 5.33. The first kappa shape index (κ1) is 14.8. The largest absolute Gasteiger partial charge is 0.381 e. The zero-order chi connectivity index (χ0) is 12.2. The van der Waals surface area contributed by atoms with Crippen LogP contribution in [0.3, 0.4) is 0 Å². The smallest absolute Gasteiger partial charge is 0.229 e. The van der Waals surface area contributed by atoms with Crippen LogP contribution in [0.5, 0.6) is 0 Å². The van der Waals surface area contributed by atoms with Gasteiger partial charge < -0.3 is 14.6 Å². The molecular weight excluding hydrogens is 266 g/mol. The maximum atomic E-state index is 5.39. The van der Waals surface area contributed by atoms with E-state index < -0.39 is 0 Å². The van der Waals surface area contributed by atoms with Crippen molar-refractivity contribution in [2.75, 3.05) is 26.3 Å². The third-order valence-corrected chi connectivity index (χ3v) is 3.99. The third-order valence-electron chi connectivity index (χ3n) is 3.99. The van der Waals surface area contributed by atoms with Gasteiger partial charge in [0.2, 0.25) is 5.89 Å². The molecule has 19 heavy (non-hydrogen) atoms. The van der Waals surface area contributed by atoms with E-state index in [-0.39, 0.29) is 12.4 Å². The Morgan fingerprint density at radius 2 is 2.05 bits per heavy atom. The molecule has 2 saturated heterocycles. The van der Waals surface area contributed by atoms with Gasteiger partial charge in [-0.3, -0.25) is 0 Å². The monoisotopic (exact) mass is 287 g/mol. The molecule has 6 heteroatoms. The Bertz CT molecular complexity index is 374. The van der Waals surface area contributed by atoms with Crippen molar-refractivity contribution in [2.45, 2.75) is 38.0 Å². The van der Waals surface area contributed by atoms with E-state index in [0.717, 1.165) is 63.2 Å². The highest BCUT2D eigenvalue weighted by atomic mass is 35.5. The molecular formula is C13H22ClN3O2. The van der Waals surface area contributed by atoms with E-state index in [9.17, 15) is 0 Å². The topological polar surface area (TPSA) is 60.2 Å². The van der Waals surface area contributed by atoms with E-state index in [1.807, 2.05) is 0 Å². The number of hydrogen-bond acceptors (Lipinski definition) is 5. The van der Waals surface area contributed by atoms with E-state index in [1.54, 1.807) is 0 Å². The standard InChI is InChI=1S/C13H21N3O2.ClH/c1(10-3-6-14-9-10)2-12-15-13(18-16-12)11-4-7-17-8-5-11;/h10-11,14H,1-9H2;1H. The van der Waals surface area contributed by atoms with Gasteiger partial charge in [-0.15, -0.1) is 12.4 Å². The first-order valence-corrected chi connectivity index (χ1v) is 7.03.